The first kappa shape index (κ1) is 23.5. The second kappa shape index (κ2) is 8.78. The summed E-state index contributed by atoms with van der Waals surface area (Å²) >= 11 is 8.52. The average molecular weight is 567 g/mol. The van der Waals surface area contributed by atoms with Crippen LogP contribution in [-0.2, 0) is 23.5 Å². The lowest BCUT2D eigenvalue weighted by atomic mass is 10.0. The Morgan fingerprint density at radius 1 is 1.37 bits per heavy atom. The highest BCUT2D eigenvalue weighted by Gasteiger charge is 2.55. The van der Waals surface area contributed by atoms with Crippen LogP contribution in [0.1, 0.15) is 36.0 Å². The number of aliphatic hydroxyl groups excluding tert-OH is 2. The van der Waals surface area contributed by atoms with Crippen LogP contribution >= 0.6 is 34.2 Å². The van der Waals surface area contributed by atoms with Gasteiger partial charge in [0.2, 0.25) is 10.0 Å². The zero-order valence-electron chi connectivity index (χ0n) is 16.7. The van der Waals surface area contributed by atoms with Crippen molar-refractivity contribution < 1.29 is 18.6 Å². The van der Waals surface area contributed by atoms with E-state index in [1.54, 1.807) is 14.0 Å². The predicted octanol–water partition coefficient (Wildman–Crippen LogP) is 2.56. The number of pyridine rings is 1. The molecule has 0 saturated heterocycles. The first-order valence-electron chi connectivity index (χ1n) is 9.44. The van der Waals surface area contributed by atoms with E-state index in [2.05, 4.69) is 27.3 Å². The number of aliphatic hydroxyl groups is 2. The molecule has 30 heavy (non-hydrogen) atoms. The summed E-state index contributed by atoms with van der Waals surface area (Å²) in [6, 6.07) is 5.57. The fourth-order valence-corrected chi connectivity index (χ4v) is 6.22. The summed E-state index contributed by atoms with van der Waals surface area (Å²) < 4.78 is 30.1. The Kier molecular flexibility index (Phi) is 6.88. The predicted molar refractivity (Wildman–Crippen MR) is 126 cm³/mol. The molecule has 1 fully saturated rings. The van der Waals surface area contributed by atoms with E-state index >= 15 is 0 Å². The molecule has 1 unspecified atom stereocenters. The Morgan fingerprint density at radius 2 is 2.03 bits per heavy atom. The molecule has 3 rings (SSSR count). The van der Waals surface area contributed by atoms with Crippen molar-refractivity contribution in [1.82, 2.24) is 4.57 Å². The Balaban J connectivity index is 2.01. The Labute approximate surface area is 194 Å². The molecule has 1 aliphatic rings. The van der Waals surface area contributed by atoms with E-state index < -0.39 is 27.5 Å². The molecule has 7 nitrogen and oxygen atoms in total. The molecule has 1 aromatic heterocycles. The highest BCUT2D eigenvalue weighted by Crippen LogP contribution is 2.48. The van der Waals surface area contributed by atoms with Crippen molar-refractivity contribution in [1.29, 1.82) is 0 Å². The summed E-state index contributed by atoms with van der Waals surface area (Å²) in [5, 5.41) is 19.5. The number of nitrogens with zero attached hydrogens (tertiary/aromatic N) is 1. The molecule has 1 heterocycles. The van der Waals surface area contributed by atoms with Gasteiger partial charge in [0.15, 0.2) is 0 Å². The third-order valence-electron chi connectivity index (χ3n) is 5.56. The fraction of sp³-hybridized carbons (Fsp3) is 0.450. The van der Waals surface area contributed by atoms with Gasteiger partial charge in [-0.1, -0.05) is 17.7 Å². The van der Waals surface area contributed by atoms with Gasteiger partial charge >= 0.3 is 0 Å². The number of aryl methyl sites for hydroxylation is 1. The molecule has 10 heteroatoms. The SMILES string of the molecule is Cc1c(Cc2ccc(I)cc2Cl)c(NS(=O)(=O)C2(CC(O)CO)CC2)cn(C)c1=O. The van der Waals surface area contributed by atoms with Crippen molar-refractivity contribution in [3.63, 3.8) is 0 Å². The fourth-order valence-electron chi connectivity index (χ4n) is 3.57. The molecule has 3 N–H and O–H groups in total. The van der Waals surface area contributed by atoms with Crippen LogP contribution in [0.5, 0.6) is 0 Å². The lowest BCUT2D eigenvalue weighted by Gasteiger charge is -2.22. The molecule has 0 spiro atoms. The molecule has 2 aromatic rings. The number of benzene rings is 1. The van der Waals surface area contributed by atoms with Gasteiger partial charge in [0, 0.05) is 33.8 Å². The number of hydrogen-bond acceptors (Lipinski definition) is 5. The minimum absolute atomic E-state index is 0.0398. The van der Waals surface area contributed by atoms with Crippen LogP contribution in [0.4, 0.5) is 5.69 Å². The van der Waals surface area contributed by atoms with Gasteiger partial charge in [0.1, 0.15) is 0 Å². The standard InChI is InChI=1S/C20H24ClIN2O5S/c1-12-16(7-13-3-4-14(22)8-17(13)21)18(10-24(2)19(12)27)23-30(28,29)20(5-6-20)9-15(26)11-25/h3-4,8,10,15,23,25-26H,5-7,9,11H2,1-2H3. The van der Waals surface area contributed by atoms with Crippen LogP contribution in [0.2, 0.25) is 5.02 Å². The number of hydrogen-bond donors (Lipinski definition) is 3. The van der Waals surface area contributed by atoms with Crippen LogP contribution in [0.15, 0.2) is 29.2 Å². The number of nitrogens with one attached hydrogen (secondary N) is 1. The maximum absolute atomic E-state index is 13.1. The van der Waals surface area contributed by atoms with E-state index in [1.165, 1.54) is 10.8 Å². The van der Waals surface area contributed by atoms with Crippen molar-refractivity contribution in [2.75, 3.05) is 11.3 Å². The highest BCUT2D eigenvalue weighted by atomic mass is 127. The molecular formula is C20H24ClIN2O5S. The average Bonchev–Trinajstić information content (AvgIpc) is 3.45. The van der Waals surface area contributed by atoms with Crippen molar-refractivity contribution in [2.24, 2.45) is 7.05 Å². The monoisotopic (exact) mass is 566 g/mol. The summed E-state index contributed by atoms with van der Waals surface area (Å²) in [7, 11) is -2.29. The Morgan fingerprint density at radius 3 is 2.60 bits per heavy atom. The molecule has 0 aliphatic heterocycles. The first-order chi connectivity index (χ1) is 14.0. The van der Waals surface area contributed by atoms with Gasteiger partial charge in [0.25, 0.3) is 5.56 Å². The third kappa shape index (κ3) is 4.69. The topological polar surface area (TPSA) is 109 Å². The summed E-state index contributed by atoms with van der Waals surface area (Å²) in [5.74, 6) is 0. The van der Waals surface area contributed by atoms with Crippen LogP contribution in [0.25, 0.3) is 0 Å². The molecular weight excluding hydrogens is 543 g/mol. The molecule has 0 radical (unpaired) electrons. The molecule has 0 bridgehead atoms. The summed E-state index contributed by atoms with van der Waals surface area (Å²) in [6.07, 6.45) is 1.44. The quantitative estimate of drug-likeness (QED) is 0.426. The number of aromatic nitrogens is 1. The lowest BCUT2D eigenvalue weighted by molar-refractivity contribution is 0.0858. The molecule has 0 amide bonds. The normalized spacial score (nSPS) is 16.3. The van der Waals surface area contributed by atoms with Crippen LogP contribution < -0.4 is 10.3 Å². The minimum Gasteiger partial charge on any atom is -0.394 e. The van der Waals surface area contributed by atoms with E-state index in [0.29, 0.717) is 41.1 Å². The number of rotatable bonds is 8. The Hall–Kier alpha value is -1.14. The van der Waals surface area contributed by atoms with E-state index in [0.717, 1.165) is 9.13 Å². The third-order valence-corrected chi connectivity index (χ3v) is 8.79. The summed E-state index contributed by atoms with van der Waals surface area (Å²) in [5.41, 5.74) is 1.88. The largest absolute Gasteiger partial charge is 0.394 e. The Bertz CT molecular complexity index is 1130. The summed E-state index contributed by atoms with van der Waals surface area (Å²) in [4.78, 5) is 12.5. The molecule has 1 atom stereocenters. The maximum atomic E-state index is 13.1. The van der Waals surface area contributed by atoms with Crippen molar-refractivity contribution in [3.05, 3.63) is 60.0 Å². The van der Waals surface area contributed by atoms with Crippen molar-refractivity contribution in [2.45, 2.75) is 43.5 Å². The molecule has 164 valence electrons. The van der Waals surface area contributed by atoms with E-state index in [4.69, 9.17) is 16.7 Å². The number of halogens is 2. The van der Waals surface area contributed by atoms with Gasteiger partial charge in [-0.3, -0.25) is 9.52 Å². The van der Waals surface area contributed by atoms with Crippen molar-refractivity contribution >= 4 is 49.9 Å². The zero-order valence-corrected chi connectivity index (χ0v) is 20.4. The van der Waals surface area contributed by atoms with E-state index in [1.807, 2.05) is 18.2 Å². The van der Waals surface area contributed by atoms with Gasteiger partial charge in [-0.2, -0.15) is 0 Å². The highest BCUT2D eigenvalue weighted by molar-refractivity contribution is 14.1. The maximum Gasteiger partial charge on any atom is 0.253 e. The number of sulfonamides is 1. The molecule has 1 aliphatic carbocycles. The van der Waals surface area contributed by atoms with Gasteiger partial charge < -0.3 is 14.8 Å². The molecule has 1 aromatic carbocycles. The number of anilines is 1. The smallest absolute Gasteiger partial charge is 0.253 e. The summed E-state index contributed by atoms with van der Waals surface area (Å²) in [6.45, 7) is 1.17. The van der Waals surface area contributed by atoms with Gasteiger partial charge in [-0.05, 0) is 72.0 Å². The van der Waals surface area contributed by atoms with Crippen LogP contribution in [0, 0.1) is 10.5 Å². The van der Waals surface area contributed by atoms with Crippen molar-refractivity contribution in [3.8, 4) is 0 Å². The second-order valence-corrected chi connectivity index (χ2v) is 11.5. The first-order valence-corrected chi connectivity index (χ1v) is 12.4. The molecule has 1 saturated carbocycles. The van der Waals surface area contributed by atoms with Gasteiger partial charge in [-0.15, -0.1) is 0 Å². The van der Waals surface area contributed by atoms with Crippen LogP contribution in [0.3, 0.4) is 0 Å². The van der Waals surface area contributed by atoms with Crippen LogP contribution in [-0.4, -0.2) is 40.7 Å². The van der Waals surface area contributed by atoms with Gasteiger partial charge in [-0.25, -0.2) is 8.42 Å². The van der Waals surface area contributed by atoms with E-state index in [9.17, 15) is 18.3 Å². The second-order valence-electron chi connectivity index (χ2n) is 7.80. The van der Waals surface area contributed by atoms with Gasteiger partial charge in [0.05, 0.1) is 23.1 Å². The van der Waals surface area contributed by atoms with E-state index in [-0.39, 0.29) is 12.0 Å². The minimum atomic E-state index is -3.86. The zero-order chi connectivity index (χ0) is 22.3. The lowest BCUT2D eigenvalue weighted by Crippen LogP contribution is -2.35.